The van der Waals surface area contributed by atoms with Crippen molar-refractivity contribution in [3.05, 3.63) is 35.5 Å². The van der Waals surface area contributed by atoms with Gasteiger partial charge in [0.2, 0.25) is 0 Å². The summed E-state index contributed by atoms with van der Waals surface area (Å²) >= 11 is 0. The van der Waals surface area contributed by atoms with Gasteiger partial charge < -0.3 is 20.4 Å². The van der Waals surface area contributed by atoms with Crippen molar-refractivity contribution in [1.29, 1.82) is 0 Å². The van der Waals surface area contributed by atoms with Gasteiger partial charge in [-0.05, 0) is 93.1 Å². The van der Waals surface area contributed by atoms with Crippen molar-refractivity contribution < 1.29 is 20.4 Å². The zero-order valence-corrected chi connectivity index (χ0v) is 20.0. The molecule has 0 aromatic heterocycles. The van der Waals surface area contributed by atoms with Gasteiger partial charge in [0.25, 0.3) is 0 Å². The lowest BCUT2D eigenvalue weighted by Crippen LogP contribution is -2.37. The largest absolute Gasteiger partial charge is 0.393 e. The zero-order valence-electron chi connectivity index (χ0n) is 20.0. The Balaban J connectivity index is 1.72. The smallest absolute Gasteiger partial charge is 0.0811 e. The van der Waals surface area contributed by atoms with E-state index in [2.05, 4.69) is 32.6 Å². The lowest BCUT2D eigenvalue weighted by molar-refractivity contribution is 0.000127. The summed E-state index contributed by atoms with van der Waals surface area (Å²) in [5.41, 5.74) is 2.64. The van der Waals surface area contributed by atoms with Gasteiger partial charge in [0.05, 0.1) is 23.9 Å². The number of aliphatic hydroxyl groups is 4. The number of rotatable bonds is 6. The molecule has 0 aliphatic heterocycles. The summed E-state index contributed by atoms with van der Waals surface area (Å²) in [6.45, 7) is 12.3. The van der Waals surface area contributed by atoms with Crippen LogP contribution in [0.1, 0.15) is 85.5 Å². The van der Waals surface area contributed by atoms with E-state index >= 15 is 0 Å². The highest BCUT2D eigenvalue weighted by Crippen LogP contribution is 2.60. The van der Waals surface area contributed by atoms with Crippen molar-refractivity contribution in [1.82, 2.24) is 0 Å². The summed E-state index contributed by atoms with van der Waals surface area (Å²) in [5.74, 6) is 1.57. The first-order valence-electron chi connectivity index (χ1n) is 12.3. The lowest BCUT2D eigenvalue weighted by atomic mass is 9.60. The van der Waals surface area contributed by atoms with Gasteiger partial charge in [-0.15, -0.1) is 0 Å². The van der Waals surface area contributed by atoms with Crippen molar-refractivity contribution in [2.24, 2.45) is 23.2 Å². The number of hydrogen-bond acceptors (Lipinski definition) is 4. The van der Waals surface area contributed by atoms with Crippen LogP contribution in [0.3, 0.4) is 0 Å². The molecular weight excluding hydrogens is 388 g/mol. The maximum atomic E-state index is 10.5. The molecule has 0 aromatic rings. The van der Waals surface area contributed by atoms with Gasteiger partial charge in [-0.25, -0.2) is 0 Å². The van der Waals surface area contributed by atoms with Crippen LogP contribution in [0.4, 0.5) is 0 Å². The lowest BCUT2D eigenvalue weighted by Gasteiger charge is -2.44. The van der Waals surface area contributed by atoms with E-state index in [1.807, 2.05) is 0 Å². The van der Waals surface area contributed by atoms with Crippen LogP contribution < -0.4 is 0 Å². The fraction of sp³-hybridized carbons (Fsp3) is 0.778. The molecule has 0 unspecified atom stereocenters. The van der Waals surface area contributed by atoms with Gasteiger partial charge >= 0.3 is 0 Å². The van der Waals surface area contributed by atoms with E-state index in [1.165, 1.54) is 31.3 Å². The van der Waals surface area contributed by atoms with Gasteiger partial charge in [0.15, 0.2) is 0 Å². The third-order valence-electron chi connectivity index (χ3n) is 8.37. The van der Waals surface area contributed by atoms with E-state index in [0.29, 0.717) is 37.0 Å². The highest BCUT2D eigenvalue weighted by atomic mass is 16.3. The minimum absolute atomic E-state index is 0.249. The summed E-state index contributed by atoms with van der Waals surface area (Å²) < 4.78 is 0. The third kappa shape index (κ3) is 5.71. The molecule has 31 heavy (non-hydrogen) atoms. The predicted molar refractivity (Wildman–Crippen MR) is 125 cm³/mol. The van der Waals surface area contributed by atoms with Gasteiger partial charge in [-0.1, -0.05) is 38.2 Å². The van der Waals surface area contributed by atoms with Crippen LogP contribution in [0.2, 0.25) is 0 Å². The highest BCUT2D eigenvalue weighted by Gasteiger charge is 2.50. The Morgan fingerprint density at radius 3 is 2.61 bits per heavy atom. The molecule has 0 bridgehead atoms. The van der Waals surface area contributed by atoms with Crippen molar-refractivity contribution in [2.45, 2.75) is 109 Å². The summed E-state index contributed by atoms with van der Waals surface area (Å²) in [7, 11) is 0. The molecule has 0 spiro atoms. The first kappa shape index (κ1) is 24.7. The molecule has 3 aliphatic carbocycles. The van der Waals surface area contributed by atoms with E-state index in [9.17, 15) is 20.4 Å². The first-order chi connectivity index (χ1) is 14.4. The average molecular weight is 433 g/mol. The number of fused-ring (bicyclic) bond motifs is 1. The minimum atomic E-state index is -0.834. The molecule has 4 nitrogen and oxygen atoms in total. The molecule has 0 radical (unpaired) electrons. The Labute approximate surface area is 188 Å². The van der Waals surface area contributed by atoms with Crippen molar-refractivity contribution >= 4 is 0 Å². The van der Waals surface area contributed by atoms with Gasteiger partial charge in [-0.3, -0.25) is 0 Å². The Hall–Kier alpha value is -0.940. The number of hydrogen-bond donors (Lipinski definition) is 4. The summed E-state index contributed by atoms with van der Waals surface area (Å²) in [6, 6.07) is 0. The van der Waals surface area contributed by atoms with Crippen LogP contribution in [-0.2, 0) is 0 Å². The maximum Gasteiger partial charge on any atom is 0.0811 e. The van der Waals surface area contributed by atoms with Gasteiger partial charge in [0, 0.05) is 12.8 Å². The Bertz CT molecular complexity index is 715. The monoisotopic (exact) mass is 432 g/mol. The van der Waals surface area contributed by atoms with Crippen LogP contribution >= 0.6 is 0 Å². The van der Waals surface area contributed by atoms with Gasteiger partial charge in [-0.2, -0.15) is 0 Å². The molecule has 0 amide bonds. The number of allylic oxidation sites excluding steroid dienone is 3. The van der Waals surface area contributed by atoms with E-state index in [4.69, 9.17) is 0 Å². The summed E-state index contributed by atoms with van der Waals surface area (Å²) in [5, 5.41) is 40.7. The van der Waals surface area contributed by atoms with Crippen molar-refractivity contribution in [3.63, 3.8) is 0 Å². The Morgan fingerprint density at radius 1 is 1.23 bits per heavy atom. The molecule has 4 heteroatoms. The SMILES string of the molecule is C=C1C(=CC=C2CCC[C@]3(C)[C@@H]2CC[C@@H]3[C@H](C)C[C@H](O)CC(C)(C)O)C[C@H](O)C[C@H]1O. The molecule has 3 saturated carbocycles. The van der Waals surface area contributed by atoms with Crippen LogP contribution in [0.5, 0.6) is 0 Å². The fourth-order valence-corrected chi connectivity index (χ4v) is 6.93. The molecule has 4 N–H and O–H groups in total. The predicted octanol–water partition coefficient (Wildman–Crippen LogP) is 4.68. The molecule has 176 valence electrons. The Morgan fingerprint density at radius 2 is 1.94 bits per heavy atom. The van der Waals surface area contributed by atoms with Crippen LogP contribution in [0, 0.1) is 23.2 Å². The zero-order chi connectivity index (χ0) is 23.0. The number of aliphatic hydroxyl groups excluding tert-OH is 3. The van der Waals surface area contributed by atoms with Crippen LogP contribution in [0.15, 0.2) is 35.5 Å². The molecule has 0 heterocycles. The molecule has 3 aliphatic rings. The first-order valence-corrected chi connectivity index (χ1v) is 12.3. The molecule has 0 saturated heterocycles. The highest BCUT2D eigenvalue weighted by molar-refractivity contribution is 5.38. The van der Waals surface area contributed by atoms with E-state index < -0.39 is 23.9 Å². The minimum Gasteiger partial charge on any atom is -0.393 e. The summed E-state index contributed by atoms with van der Waals surface area (Å²) in [4.78, 5) is 0. The second-order valence-electron chi connectivity index (χ2n) is 11.5. The second kappa shape index (κ2) is 9.51. The van der Waals surface area contributed by atoms with Crippen LogP contribution in [-0.4, -0.2) is 44.3 Å². The second-order valence-corrected chi connectivity index (χ2v) is 11.5. The van der Waals surface area contributed by atoms with Crippen molar-refractivity contribution in [2.75, 3.05) is 0 Å². The van der Waals surface area contributed by atoms with Gasteiger partial charge in [0.1, 0.15) is 0 Å². The topological polar surface area (TPSA) is 80.9 Å². The molecular formula is C27H44O4. The molecule has 3 fully saturated rings. The van der Waals surface area contributed by atoms with E-state index in [0.717, 1.165) is 24.0 Å². The van der Waals surface area contributed by atoms with E-state index in [1.54, 1.807) is 13.8 Å². The average Bonchev–Trinajstić information content (AvgIpc) is 2.99. The third-order valence-corrected chi connectivity index (χ3v) is 8.37. The maximum absolute atomic E-state index is 10.5. The molecule has 0 aromatic carbocycles. The van der Waals surface area contributed by atoms with E-state index in [-0.39, 0.29) is 5.41 Å². The molecule has 3 rings (SSSR count). The fourth-order valence-electron chi connectivity index (χ4n) is 6.93. The quantitative estimate of drug-likeness (QED) is 0.491. The van der Waals surface area contributed by atoms with Crippen LogP contribution in [0.25, 0.3) is 0 Å². The van der Waals surface area contributed by atoms with Crippen molar-refractivity contribution in [3.8, 4) is 0 Å². The molecule has 7 atom stereocenters. The summed E-state index contributed by atoms with van der Waals surface area (Å²) in [6.07, 6.45) is 10.8. The Kier molecular flexibility index (Phi) is 7.57. The standard InChI is InChI=1S/C27H44O4/c1-17(13-22(29)16-26(3,4)31)23-10-11-24-19(7-6-12-27(23,24)5)8-9-20-14-21(28)15-25(30)18(20)2/h8-9,17,21-25,28-31H,2,6-7,10-16H2,1,3-5H3/t17-,21+,22+,23-,24-,25-,27+/m1/s1. The normalized spacial score (nSPS) is 39.0.